The third kappa shape index (κ3) is 3.64. The molecule has 1 fully saturated rings. The number of ketones is 1. The normalized spacial score (nSPS) is 19.7. The van der Waals surface area contributed by atoms with Crippen molar-refractivity contribution in [3.63, 3.8) is 0 Å². The van der Waals surface area contributed by atoms with Crippen molar-refractivity contribution in [3.8, 4) is 0 Å². The smallest absolute Gasteiger partial charge is 0.295 e. The number of nitrogens with zero attached hydrogens (tertiary/aromatic N) is 2. The molecule has 2 unspecified atom stereocenters. The molecule has 6 nitrogen and oxygen atoms in total. The number of rotatable bonds is 5. The molecule has 1 saturated heterocycles. The number of carbonyl (C=O) groups excluding carboxylic acids is 2. The number of likely N-dealkylation sites (tertiary alicyclic amines) is 1. The van der Waals surface area contributed by atoms with Gasteiger partial charge in [0, 0.05) is 31.9 Å². The topological polar surface area (TPSA) is 81.1 Å². The van der Waals surface area contributed by atoms with Crippen molar-refractivity contribution in [1.82, 2.24) is 4.90 Å². The van der Waals surface area contributed by atoms with Crippen LogP contribution in [-0.2, 0) is 9.59 Å². The van der Waals surface area contributed by atoms with Crippen molar-refractivity contribution >= 4 is 23.1 Å². The number of hydrogen-bond acceptors (Lipinski definition) is 5. The fraction of sp³-hybridized carbons (Fsp3) is 0.273. The van der Waals surface area contributed by atoms with Crippen LogP contribution in [0.2, 0.25) is 0 Å². The van der Waals surface area contributed by atoms with Crippen LogP contribution < -0.4 is 4.90 Å². The lowest BCUT2D eigenvalue weighted by Crippen LogP contribution is -2.35. The minimum Gasteiger partial charge on any atom is -0.507 e. The summed E-state index contributed by atoms with van der Waals surface area (Å²) in [5.41, 5.74) is 2.17. The summed E-state index contributed by atoms with van der Waals surface area (Å²) in [4.78, 5) is 28.7. The lowest BCUT2D eigenvalue weighted by atomic mass is 9.95. The highest BCUT2D eigenvalue weighted by molar-refractivity contribution is 6.46. The van der Waals surface area contributed by atoms with Gasteiger partial charge in [-0.1, -0.05) is 42.5 Å². The van der Waals surface area contributed by atoms with Gasteiger partial charge in [-0.15, -0.1) is 0 Å². The molecule has 6 heteroatoms. The standard InChI is InChI=1S/C22H24N2O4/c1-14(25)13-24-19(15-9-11-17(12-10-15)23(2)3)18(21(27)22(24)28)20(26)16-7-5-4-6-8-16/h4-12,14,19,25-26H,13H2,1-3H3/b20-18+. The van der Waals surface area contributed by atoms with Gasteiger partial charge < -0.3 is 20.0 Å². The summed E-state index contributed by atoms with van der Waals surface area (Å²) in [5, 5.41) is 20.7. The molecule has 1 aliphatic heterocycles. The second kappa shape index (κ2) is 7.86. The quantitative estimate of drug-likeness (QED) is 0.473. The molecular weight excluding hydrogens is 356 g/mol. The van der Waals surface area contributed by atoms with Crippen LogP contribution in [0.3, 0.4) is 0 Å². The summed E-state index contributed by atoms with van der Waals surface area (Å²) < 4.78 is 0. The largest absolute Gasteiger partial charge is 0.507 e. The number of carbonyl (C=O) groups is 2. The number of anilines is 1. The molecule has 2 aromatic carbocycles. The first kappa shape index (κ1) is 19.6. The molecule has 1 amide bonds. The average Bonchev–Trinajstić information content (AvgIpc) is 2.92. The first-order valence-electron chi connectivity index (χ1n) is 9.10. The number of amides is 1. The van der Waals surface area contributed by atoms with Crippen molar-refractivity contribution in [2.45, 2.75) is 19.1 Å². The fourth-order valence-electron chi connectivity index (χ4n) is 3.41. The molecule has 0 saturated carbocycles. The number of Topliss-reactive ketones (excluding diaryl/α,β-unsaturated/α-hetero) is 1. The second-order valence-corrected chi connectivity index (χ2v) is 7.15. The molecule has 0 spiro atoms. The van der Waals surface area contributed by atoms with Gasteiger partial charge in [0.1, 0.15) is 5.76 Å². The molecule has 0 aromatic heterocycles. The number of benzene rings is 2. The first-order valence-corrected chi connectivity index (χ1v) is 9.10. The Balaban J connectivity index is 2.15. The van der Waals surface area contributed by atoms with E-state index in [2.05, 4.69) is 0 Å². The molecular formula is C22H24N2O4. The zero-order valence-electron chi connectivity index (χ0n) is 16.2. The Morgan fingerprint density at radius 3 is 2.21 bits per heavy atom. The van der Waals surface area contributed by atoms with E-state index in [0.29, 0.717) is 11.1 Å². The van der Waals surface area contributed by atoms with Crippen LogP contribution in [0.4, 0.5) is 5.69 Å². The van der Waals surface area contributed by atoms with E-state index in [-0.39, 0.29) is 17.9 Å². The molecule has 0 radical (unpaired) electrons. The van der Waals surface area contributed by atoms with Crippen LogP contribution in [0.5, 0.6) is 0 Å². The van der Waals surface area contributed by atoms with Crippen LogP contribution in [0.25, 0.3) is 5.76 Å². The molecule has 3 rings (SSSR count). The Hall–Kier alpha value is -3.12. The molecule has 28 heavy (non-hydrogen) atoms. The molecule has 0 aliphatic carbocycles. The van der Waals surface area contributed by atoms with Crippen molar-refractivity contribution in [2.75, 3.05) is 25.5 Å². The molecule has 146 valence electrons. The van der Waals surface area contributed by atoms with Gasteiger partial charge in [0.15, 0.2) is 0 Å². The molecule has 1 heterocycles. The van der Waals surface area contributed by atoms with Gasteiger partial charge in [-0.3, -0.25) is 9.59 Å². The maximum absolute atomic E-state index is 12.8. The zero-order chi connectivity index (χ0) is 20.4. The SMILES string of the molecule is CC(O)CN1C(=O)C(=O)/C(=C(/O)c2ccccc2)C1c1ccc(N(C)C)cc1. The molecule has 2 N–H and O–H groups in total. The van der Waals surface area contributed by atoms with Gasteiger partial charge in [0.25, 0.3) is 11.7 Å². The Kier molecular flexibility index (Phi) is 5.51. The Labute approximate surface area is 164 Å². The molecule has 2 atom stereocenters. The highest BCUT2D eigenvalue weighted by atomic mass is 16.3. The van der Waals surface area contributed by atoms with E-state index >= 15 is 0 Å². The van der Waals surface area contributed by atoms with E-state index in [1.54, 1.807) is 37.3 Å². The summed E-state index contributed by atoms with van der Waals surface area (Å²) in [7, 11) is 3.84. The zero-order valence-corrected chi connectivity index (χ0v) is 16.2. The van der Waals surface area contributed by atoms with Crippen molar-refractivity contribution in [1.29, 1.82) is 0 Å². The lowest BCUT2D eigenvalue weighted by molar-refractivity contribution is -0.140. The van der Waals surface area contributed by atoms with E-state index in [1.165, 1.54) is 4.90 Å². The third-order valence-electron chi connectivity index (χ3n) is 4.77. The minimum absolute atomic E-state index is 0.00373. The maximum Gasteiger partial charge on any atom is 0.295 e. The monoisotopic (exact) mass is 380 g/mol. The van der Waals surface area contributed by atoms with Crippen molar-refractivity contribution in [2.24, 2.45) is 0 Å². The molecule has 0 bridgehead atoms. The summed E-state index contributed by atoms with van der Waals surface area (Å²) in [6.07, 6.45) is -0.807. The Morgan fingerprint density at radius 2 is 1.68 bits per heavy atom. The lowest BCUT2D eigenvalue weighted by Gasteiger charge is -2.26. The summed E-state index contributed by atoms with van der Waals surface area (Å²) >= 11 is 0. The van der Waals surface area contributed by atoms with Crippen LogP contribution in [0.15, 0.2) is 60.2 Å². The van der Waals surface area contributed by atoms with Gasteiger partial charge in [-0.25, -0.2) is 0 Å². The van der Waals surface area contributed by atoms with E-state index in [1.807, 2.05) is 43.3 Å². The highest BCUT2D eigenvalue weighted by Crippen LogP contribution is 2.39. The first-order chi connectivity index (χ1) is 13.3. The molecule has 1 aliphatic rings. The predicted molar refractivity (Wildman–Crippen MR) is 108 cm³/mol. The highest BCUT2D eigenvalue weighted by Gasteiger charge is 2.46. The number of hydrogen-bond donors (Lipinski definition) is 2. The number of aliphatic hydroxyl groups is 2. The van der Waals surface area contributed by atoms with E-state index < -0.39 is 23.8 Å². The number of aliphatic hydroxyl groups excluding tert-OH is 2. The van der Waals surface area contributed by atoms with Gasteiger partial charge in [0.05, 0.1) is 17.7 Å². The van der Waals surface area contributed by atoms with Crippen LogP contribution in [0, 0.1) is 0 Å². The van der Waals surface area contributed by atoms with E-state index in [9.17, 15) is 19.8 Å². The second-order valence-electron chi connectivity index (χ2n) is 7.15. The Morgan fingerprint density at radius 1 is 1.07 bits per heavy atom. The van der Waals surface area contributed by atoms with Gasteiger partial charge >= 0.3 is 0 Å². The Bertz CT molecular complexity index is 902. The summed E-state index contributed by atoms with van der Waals surface area (Å²) in [5.74, 6) is -1.68. The van der Waals surface area contributed by atoms with Gasteiger partial charge in [-0.05, 0) is 24.6 Å². The fourth-order valence-corrected chi connectivity index (χ4v) is 3.41. The van der Waals surface area contributed by atoms with E-state index in [0.717, 1.165) is 5.69 Å². The van der Waals surface area contributed by atoms with Crippen molar-refractivity contribution < 1.29 is 19.8 Å². The van der Waals surface area contributed by atoms with Crippen LogP contribution in [0.1, 0.15) is 24.1 Å². The average molecular weight is 380 g/mol. The summed E-state index contributed by atoms with van der Waals surface area (Å²) in [6, 6.07) is 15.4. The van der Waals surface area contributed by atoms with Gasteiger partial charge in [0.2, 0.25) is 0 Å². The van der Waals surface area contributed by atoms with Gasteiger partial charge in [-0.2, -0.15) is 0 Å². The van der Waals surface area contributed by atoms with E-state index in [4.69, 9.17) is 0 Å². The third-order valence-corrected chi connectivity index (χ3v) is 4.77. The molecule has 2 aromatic rings. The van der Waals surface area contributed by atoms with Crippen LogP contribution in [-0.4, -0.2) is 53.5 Å². The maximum atomic E-state index is 12.8. The predicted octanol–water partition coefficient (Wildman–Crippen LogP) is 2.56. The summed E-state index contributed by atoms with van der Waals surface area (Å²) in [6.45, 7) is 1.55. The minimum atomic E-state index is -0.807. The van der Waals surface area contributed by atoms with Crippen molar-refractivity contribution in [3.05, 3.63) is 71.3 Å². The number of β-amino-alcohol motifs (C(OH)–C–C–N with tert-alkyl or cyclic N) is 1. The van der Waals surface area contributed by atoms with Crippen LogP contribution >= 0.6 is 0 Å².